The van der Waals surface area contributed by atoms with Crippen LogP contribution in [0.4, 0.5) is 5.69 Å². The van der Waals surface area contributed by atoms with Crippen molar-refractivity contribution in [1.82, 2.24) is 4.98 Å². The Labute approximate surface area is 184 Å². The van der Waals surface area contributed by atoms with Crippen LogP contribution in [0.1, 0.15) is 31.3 Å². The van der Waals surface area contributed by atoms with Gasteiger partial charge in [-0.3, -0.25) is 10.1 Å². The Balaban J connectivity index is 1.92. The lowest BCUT2D eigenvalue weighted by atomic mass is 10.1. The lowest BCUT2D eigenvalue weighted by molar-refractivity contribution is -0.384. The molecule has 0 amide bonds. The fourth-order valence-electron chi connectivity index (χ4n) is 2.85. The summed E-state index contributed by atoms with van der Waals surface area (Å²) >= 11 is 1.31. The molecule has 31 heavy (non-hydrogen) atoms. The molecule has 3 rings (SSSR count). The lowest BCUT2D eigenvalue weighted by Gasteiger charge is -2.15. The van der Waals surface area contributed by atoms with Crippen LogP contribution in [0.3, 0.4) is 0 Å². The van der Waals surface area contributed by atoms with Crippen molar-refractivity contribution >= 4 is 28.7 Å². The standard InChI is InChI=1S/C23H21N3O4S/c1-4-29-22-11-16(8-9-21(22)30-15(2)3)10-18(13-24)23-25-20(14-31-23)17-6-5-7-19(12-17)26(27)28/h5-12,14-15H,4H2,1-3H3. The van der Waals surface area contributed by atoms with Crippen LogP contribution in [0.2, 0.25) is 0 Å². The molecule has 3 aromatic rings. The first-order chi connectivity index (χ1) is 14.9. The molecular weight excluding hydrogens is 414 g/mol. The summed E-state index contributed by atoms with van der Waals surface area (Å²) in [6, 6.07) is 14.0. The summed E-state index contributed by atoms with van der Waals surface area (Å²) in [5.41, 5.74) is 2.38. The van der Waals surface area contributed by atoms with E-state index in [9.17, 15) is 15.4 Å². The Morgan fingerprint density at radius 1 is 1.29 bits per heavy atom. The molecular formula is C23H21N3O4S. The lowest BCUT2D eigenvalue weighted by Crippen LogP contribution is -2.07. The summed E-state index contributed by atoms with van der Waals surface area (Å²) in [5, 5.41) is 23.0. The number of benzene rings is 2. The van der Waals surface area contributed by atoms with Crippen LogP contribution in [-0.4, -0.2) is 22.6 Å². The van der Waals surface area contributed by atoms with Gasteiger partial charge in [-0.15, -0.1) is 11.3 Å². The second kappa shape index (κ2) is 9.87. The maximum Gasteiger partial charge on any atom is 0.270 e. The zero-order chi connectivity index (χ0) is 22.4. The molecule has 2 aromatic carbocycles. The van der Waals surface area contributed by atoms with E-state index in [2.05, 4.69) is 11.1 Å². The largest absolute Gasteiger partial charge is 0.490 e. The molecule has 0 bridgehead atoms. The molecule has 0 aliphatic rings. The molecule has 158 valence electrons. The first kappa shape index (κ1) is 22.0. The fourth-order valence-corrected chi connectivity index (χ4v) is 3.65. The molecule has 0 aliphatic heterocycles. The number of nitro benzene ring substituents is 1. The van der Waals surface area contributed by atoms with Crippen LogP contribution in [0.25, 0.3) is 22.9 Å². The number of nitro groups is 1. The summed E-state index contributed by atoms with van der Waals surface area (Å²) < 4.78 is 11.5. The van der Waals surface area contributed by atoms with E-state index in [0.29, 0.717) is 39.9 Å². The first-order valence-electron chi connectivity index (χ1n) is 9.67. The van der Waals surface area contributed by atoms with Crippen LogP contribution in [-0.2, 0) is 0 Å². The second-order valence-electron chi connectivity index (χ2n) is 6.82. The number of thiazole rings is 1. The van der Waals surface area contributed by atoms with Gasteiger partial charge < -0.3 is 9.47 Å². The molecule has 0 N–H and O–H groups in total. The molecule has 0 fully saturated rings. The molecule has 0 unspecified atom stereocenters. The maximum atomic E-state index is 11.0. The zero-order valence-electron chi connectivity index (χ0n) is 17.4. The third kappa shape index (κ3) is 5.47. The Morgan fingerprint density at radius 3 is 2.77 bits per heavy atom. The number of aromatic nitrogens is 1. The van der Waals surface area contributed by atoms with Gasteiger partial charge in [0.15, 0.2) is 11.5 Å². The SMILES string of the molecule is CCOc1cc(C=C(C#N)c2nc(-c3cccc([N+](=O)[O-])c3)cs2)ccc1OC(C)C. The molecule has 7 nitrogen and oxygen atoms in total. The van der Waals surface area contributed by atoms with E-state index in [1.54, 1.807) is 23.6 Å². The molecule has 0 radical (unpaired) electrons. The number of nitriles is 1. The monoisotopic (exact) mass is 435 g/mol. The van der Waals surface area contributed by atoms with E-state index >= 15 is 0 Å². The summed E-state index contributed by atoms with van der Waals surface area (Å²) in [7, 11) is 0. The fraction of sp³-hybridized carbons (Fsp3) is 0.217. The Bertz CT molecular complexity index is 1160. The number of non-ortho nitro benzene ring substituents is 1. The summed E-state index contributed by atoms with van der Waals surface area (Å²) in [6.07, 6.45) is 1.75. The van der Waals surface area contributed by atoms with Crippen molar-refractivity contribution in [2.45, 2.75) is 26.9 Å². The predicted octanol–water partition coefficient (Wildman–Crippen LogP) is 5.97. The summed E-state index contributed by atoms with van der Waals surface area (Å²) in [4.78, 5) is 15.1. The number of nitrogens with zero attached hydrogens (tertiary/aromatic N) is 3. The van der Waals surface area contributed by atoms with Gasteiger partial charge in [-0.25, -0.2) is 4.98 Å². The van der Waals surface area contributed by atoms with Crippen LogP contribution < -0.4 is 9.47 Å². The van der Waals surface area contributed by atoms with Crippen LogP contribution in [0.5, 0.6) is 11.5 Å². The van der Waals surface area contributed by atoms with Crippen LogP contribution in [0.15, 0.2) is 47.8 Å². The van der Waals surface area contributed by atoms with Crippen molar-refractivity contribution in [1.29, 1.82) is 5.26 Å². The van der Waals surface area contributed by atoms with Crippen molar-refractivity contribution in [2.75, 3.05) is 6.61 Å². The number of ether oxygens (including phenoxy) is 2. The van der Waals surface area contributed by atoms with Crippen LogP contribution in [0, 0.1) is 21.4 Å². The minimum absolute atomic E-state index is 0.00439. The van der Waals surface area contributed by atoms with Crippen molar-refractivity contribution in [2.24, 2.45) is 0 Å². The highest BCUT2D eigenvalue weighted by molar-refractivity contribution is 7.11. The number of hydrogen-bond donors (Lipinski definition) is 0. The predicted molar refractivity (Wildman–Crippen MR) is 121 cm³/mol. The molecule has 0 aliphatic carbocycles. The Hall–Kier alpha value is -3.70. The molecule has 0 spiro atoms. The highest BCUT2D eigenvalue weighted by atomic mass is 32.1. The van der Waals surface area contributed by atoms with Gasteiger partial charge in [0.2, 0.25) is 0 Å². The Kier molecular flexibility index (Phi) is 7.00. The van der Waals surface area contributed by atoms with Gasteiger partial charge in [-0.2, -0.15) is 5.26 Å². The maximum absolute atomic E-state index is 11.0. The summed E-state index contributed by atoms with van der Waals surface area (Å²) in [6.45, 7) is 6.27. The van der Waals surface area contributed by atoms with E-state index in [1.807, 2.05) is 39.0 Å². The summed E-state index contributed by atoms with van der Waals surface area (Å²) in [5.74, 6) is 1.26. The number of hydrogen-bond acceptors (Lipinski definition) is 7. The molecule has 1 aromatic heterocycles. The first-order valence-corrected chi connectivity index (χ1v) is 10.5. The van der Waals surface area contributed by atoms with Crippen molar-refractivity contribution in [3.63, 3.8) is 0 Å². The van der Waals surface area contributed by atoms with Crippen LogP contribution >= 0.6 is 11.3 Å². The highest BCUT2D eigenvalue weighted by Crippen LogP contribution is 2.32. The average molecular weight is 436 g/mol. The molecule has 0 saturated heterocycles. The van der Waals surface area contributed by atoms with E-state index in [1.165, 1.54) is 23.5 Å². The highest BCUT2D eigenvalue weighted by Gasteiger charge is 2.13. The molecule has 0 atom stereocenters. The van der Waals surface area contributed by atoms with Gasteiger partial charge in [0.1, 0.15) is 11.1 Å². The topological polar surface area (TPSA) is 98.3 Å². The van der Waals surface area contributed by atoms with Gasteiger partial charge in [0.25, 0.3) is 5.69 Å². The molecule has 0 saturated carbocycles. The van der Waals surface area contributed by atoms with Gasteiger partial charge in [0.05, 0.1) is 28.9 Å². The van der Waals surface area contributed by atoms with Gasteiger partial charge in [-0.1, -0.05) is 18.2 Å². The second-order valence-corrected chi connectivity index (χ2v) is 7.68. The van der Waals surface area contributed by atoms with Crippen molar-refractivity contribution in [3.8, 4) is 28.8 Å². The third-order valence-corrected chi connectivity index (χ3v) is 5.02. The molecule has 1 heterocycles. The van der Waals surface area contributed by atoms with Gasteiger partial charge in [0, 0.05) is 23.1 Å². The normalized spacial score (nSPS) is 11.3. The number of allylic oxidation sites excluding steroid dienone is 1. The van der Waals surface area contributed by atoms with E-state index in [4.69, 9.17) is 9.47 Å². The van der Waals surface area contributed by atoms with E-state index < -0.39 is 4.92 Å². The quantitative estimate of drug-likeness (QED) is 0.246. The minimum atomic E-state index is -0.444. The minimum Gasteiger partial charge on any atom is -0.490 e. The van der Waals surface area contributed by atoms with E-state index in [0.717, 1.165) is 5.56 Å². The number of rotatable bonds is 8. The van der Waals surface area contributed by atoms with Gasteiger partial charge in [-0.05, 0) is 44.5 Å². The Morgan fingerprint density at radius 2 is 2.10 bits per heavy atom. The van der Waals surface area contributed by atoms with Gasteiger partial charge >= 0.3 is 0 Å². The smallest absolute Gasteiger partial charge is 0.270 e. The zero-order valence-corrected chi connectivity index (χ0v) is 18.2. The average Bonchev–Trinajstić information content (AvgIpc) is 3.24. The molecule has 8 heteroatoms. The third-order valence-electron chi connectivity index (χ3n) is 4.15. The van der Waals surface area contributed by atoms with Crippen molar-refractivity contribution < 1.29 is 14.4 Å². The van der Waals surface area contributed by atoms with Crippen molar-refractivity contribution in [3.05, 3.63) is 68.5 Å². The van der Waals surface area contributed by atoms with E-state index in [-0.39, 0.29) is 11.8 Å².